The Balaban J connectivity index is 2.44. The average Bonchev–Trinajstić information content (AvgIpc) is 2.61. The van der Waals surface area contributed by atoms with Crippen LogP contribution in [-0.4, -0.2) is 21.9 Å². The molecule has 0 saturated heterocycles. The van der Waals surface area contributed by atoms with E-state index in [1.165, 1.54) is 26.2 Å². The van der Waals surface area contributed by atoms with E-state index in [2.05, 4.69) is 10.3 Å². The first-order valence-corrected chi connectivity index (χ1v) is 7.56. The number of fused-ring (bicyclic) bond motifs is 1. The summed E-state index contributed by atoms with van der Waals surface area (Å²) in [6.07, 6.45) is 0. The maximum atomic E-state index is 11.7. The molecule has 0 spiro atoms. The van der Waals surface area contributed by atoms with Crippen molar-refractivity contribution in [3.63, 3.8) is 0 Å². The number of anilines is 2. The van der Waals surface area contributed by atoms with Gasteiger partial charge in [0, 0.05) is 5.69 Å². The number of methoxy groups -OCH3 is 1. The van der Waals surface area contributed by atoms with Gasteiger partial charge in [0.15, 0.2) is 5.75 Å². The Hall–Kier alpha value is -3.75. The molecular formula is C17H14N4O5. The van der Waals surface area contributed by atoms with Crippen molar-refractivity contribution in [2.75, 3.05) is 12.4 Å². The highest BCUT2D eigenvalue weighted by Gasteiger charge is 2.30. The van der Waals surface area contributed by atoms with Crippen LogP contribution >= 0.6 is 0 Å². The third-order valence-electron chi connectivity index (χ3n) is 3.86. The van der Waals surface area contributed by atoms with Crippen molar-refractivity contribution in [2.45, 2.75) is 6.92 Å². The normalized spacial score (nSPS) is 10.5. The largest absolute Gasteiger partial charge is 0.490 e. The minimum atomic E-state index is -0.627. The molecule has 0 saturated carbocycles. The van der Waals surface area contributed by atoms with Gasteiger partial charge >= 0.3 is 11.4 Å². The molecule has 9 nitrogen and oxygen atoms in total. The number of benzene rings is 2. The van der Waals surface area contributed by atoms with Crippen molar-refractivity contribution in [3.05, 3.63) is 68.4 Å². The number of hydrogen-bond acceptors (Lipinski definition) is 7. The number of aromatic nitrogens is 1. The van der Waals surface area contributed by atoms with Crippen molar-refractivity contribution >= 4 is 33.7 Å². The van der Waals surface area contributed by atoms with Gasteiger partial charge in [-0.05, 0) is 31.2 Å². The lowest BCUT2D eigenvalue weighted by molar-refractivity contribution is -0.386. The number of rotatable bonds is 5. The Kier molecular flexibility index (Phi) is 4.36. The summed E-state index contributed by atoms with van der Waals surface area (Å²) < 4.78 is 5.08. The van der Waals surface area contributed by atoms with E-state index < -0.39 is 9.85 Å². The van der Waals surface area contributed by atoms with E-state index in [-0.39, 0.29) is 39.4 Å². The van der Waals surface area contributed by atoms with E-state index in [4.69, 9.17) is 4.74 Å². The fourth-order valence-electron chi connectivity index (χ4n) is 2.79. The predicted molar refractivity (Wildman–Crippen MR) is 96.1 cm³/mol. The number of nitrogens with zero attached hydrogens (tertiary/aromatic N) is 3. The molecule has 3 aromatic rings. The molecule has 1 N–H and O–H groups in total. The molecule has 132 valence electrons. The average molecular weight is 354 g/mol. The molecule has 1 heterocycles. The minimum Gasteiger partial charge on any atom is -0.490 e. The summed E-state index contributed by atoms with van der Waals surface area (Å²) in [7, 11) is 1.30. The van der Waals surface area contributed by atoms with Gasteiger partial charge in [-0.2, -0.15) is 0 Å². The van der Waals surface area contributed by atoms with Crippen molar-refractivity contribution in [3.8, 4) is 5.75 Å². The van der Waals surface area contributed by atoms with Gasteiger partial charge in [-0.3, -0.25) is 20.2 Å². The lowest BCUT2D eigenvalue weighted by atomic mass is 10.1. The standard InChI is InChI=1S/C17H14N4O5/c1-10-16(20(22)23)15(19-11-6-4-3-5-7-11)14-12(18-10)8-9-13(26-2)17(14)21(24)25/h3-9H,1-2H3,(H,18,19). The zero-order valence-corrected chi connectivity index (χ0v) is 13.9. The maximum Gasteiger partial charge on any atom is 0.322 e. The highest BCUT2D eigenvalue weighted by molar-refractivity contribution is 6.05. The van der Waals surface area contributed by atoms with Crippen LogP contribution in [0.3, 0.4) is 0 Å². The Morgan fingerprint density at radius 3 is 2.23 bits per heavy atom. The van der Waals surface area contributed by atoms with Crippen molar-refractivity contribution in [2.24, 2.45) is 0 Å². The monoisotopic (exact) mass is 354 g/mol. The van der Waals surface area contributed by atoms with Crippen LogP contribution < -0.4 is 10.1 Å². The lowest BCUT2D eigenvalue weighted by Crippen LogP contribution is -2.05. The number of ether oxygens (including phenoxy) is 1. The van der Waals surface area contributed by atoms with E-state index in [1.807, 2.05) is 0 Å². The first-order valence-electron chi connectivity index (χ1n) is 7.56. The summed E-state index contributed by atoms with van der Waals surface area (Å²) in [5.41, 5.74) is 0.282. The van der Waals surface area contributed by atoms with Crippen LogP contribution in [0.25, 0.3) is 10.9 Å². The van der Waals surface area contributed by atoms with Gasteiger partial charge in [0.25, 0.3) is 0 Å². The van der Waals surface area contributed by atoms with E-state index >= 15 is 0 Å². The molecule has 0 unspecified atom stereocenters. The molecule has 0 aliphatic carbocycles. The van der Waals surface area contributed by atoms with Gasteiger partial charge in [-0.1, -0.05) is 18.2 Å². The van der Waals surface area contributed by atoms with Crippen LogP contribution in [0.15, 0.2) is 42.5 Å². The highest BCUT2D eigenvalue weighted by Crippen LogP contribution is 2.44. The van der Waals surface area contributed by atoms with E-state index in [9.17, 15) is 20.2 Å². The number of nitrogens with one attached hydrogen (secondary N) is 1. The zero-order valence-electron chi connectivity index (χ0n) is 13.9. The molecule has 1 aromatic heterocycles. The molecule has 0 amide bonds. The van der Waals surface area contributed by atoms with Gasteiger partial charge in [-0.15, -0.1) is 0 Å². The third kappa shape index (κ3) is 2.86. The van der Waals surface area contributed by atoms with Crippen LogP contribution in [-0.2, 0) is 0 Å². The second kappa shape index (κ2) is 6.63. The number of nitro groups is 2. The predicted octanol–water partition coefficient (Wildman–Crippen LogP) is 4.11. The van der Waals surface area contributed by atoms with Gasteiger partial charge in [-0.25, -0.2) is 4.98 Å². The van der Waals surface area contributed by atoms with Gasteiger partial charge in [0.2, 0.25) is 0 Å². The molecular weight excluding hydrogens is 340 g/mol. The van der Waals surface area contributed by atoms with Crippen molar-refractivity contribution in [1.29, 1.82) is 0 Å². The van der Waals surface area contributed by atoms with Crippen LogP contribution in [0.4, 0.5) is 22.7 Å². The Morgan fingerprint density at radius 1 is 1.00 bits per heavy atom. The van der Waals surface area contributed by atoms with E-state index in [0.717, 1.165) is 0 Å². The topological polar surface area (TPSA) is 120 Å². The van der Waals surface area contributed by atoms with E-state index in [1.54, 1.807) is 30.3 Å². The molecule has 2 aromatic carbocycles. The maximum absolute atomic E-state index is 11.7. The Bertz CT molecular complexity index is 1020. The fourth-order valence-corrected chi connectivity index (χ4v) is 2.79. The Labute approximate surface area is 147 Å². The molecule has 0 aliphatic rings. The van der Waals surface area contributed by atoms with Crippen LogP contribution in [0.5, 0.6) is 5.75 Å². The van der Waals surface area contributed by atoms with Crippen molar-refractivity contribution in [1.82, 2.24) is 4.98 Å². The first kappa shape index (κ1) is 17.1. The third-order valence-corrected chi connectivity index (χ3v) is 3.86. The number of hydrogen-bond donors (Lipinski definition) is 1. The smallest absolute Gasteiger partial charge is 0.322 e. The second-order valence-corrected chi connectivity index (χ2v) is 5.44. The Morgan fingerprint density at radius 2 is 1.65 bits per heavy atom. The van der Waals surface area contributed by atoms with Gasteiger partial charge in [0.05, 0.1) is 22.5 Å². The second-order valence-electron chi connectivity index (χ2n) is 5.44. The van der Waals surface area contributed by atoms with Gasteiger partial charge < -0.3 is 10.1 Å². The quantitative estimate of drug-likeness (QED) is 0.540. The van der Waals surface area contributed by atoms with Crippen molar-refractivity contribution < 1.29 is 14.6 Å². The number of nitro benzene ring substituents is 1. The summed E-state index contributed by atoms with van der Waals surface area (Å²) in [4.78, 5) is 26.3. The van der Waals surface area contributed by atoms with E-state index in [0.29, 0.717) is 5.69 Å². The minimum absolute atomic E-state index is 0.00133. The summed E-state index contributed by atoms with van der Waals surface area (Å²) in [5.74, 6) is -0.00133. The molecule has 26 heavy (non-hydrogen) atoms. The number of para-hydroxylation sites is 1. The summed E-state index contributed by atoms with van der Waals surface area (Å²) in [6.45, 7) is 1.49. The molecule has 0 bridgehead atoms. The molecule has 9 heteroatoms. The van der Waals surface area contributed by atoms with Gasteiger partial charge in [0.1, 0.15) is 16.8 Å². The summed E-state index contributed by atoms with van der Waals surface area (Å²) >= 11 is 0. The summed E-state index contributed by atoms with van der Waals surface area (Å²) in [6, 6.07) is 11.7. The van der Waals surface area contributed by atoms with Crippen LogP contribution in [0.2, 0.25) is 0 Å². The highest BCUT2D eigenvalue weighted by atomic mass is 16.6. The fraction of sp³-hybridized carbons (Fsp3) is 0.118. The van der Waals surface area contributed by atoms with Crippen LogP contribution in [0, 0.1) is 27.2 Å². The molecule has 0 radical (unpaired) electrons. The number of pyridine rings is 1. The molecule has 3 rings (SSSR count). The molecule has 0 aliphatic heterocycles. The lowest BCUT2D eigenvalue weighted by Gasteiger charge is -2.13. The number of aryl methyl sites for hydroxylation is 1. The zero-order chi connectivity index (χ0) is 18.8. The molecule has 0 fully saturated rings. The summed E-state index contributed by atoms with van der Waals surface area (Å²) in [5, 5.41) is 26.3. The molecule has 0 atom stereocenters. The first-order chi connectivity index (χ1) is 12.4. The van der Waals surface area contributed by atoms with Crippen LogP contribution in [0.1, 0.15) is 5.69 Å². The SMILES string of the molecule is COc1ccc2nc(C)c([N+](=O)[O-])c(Nc3ccccc3)c2c1[N+](=O)[O-].